The van der Waals surface area contributed by atoms with Crippen molar-refractivity contribution in [3.63, 3.8) is 0 Å². The summed E-state index contributed by atoms with van der Waals surface area (Å²) >= 11 is 0. The Bertz CT molecular complexity index is 256. The highest BCUT2D eigenvalue weighted by atomic mass is 16.5. The minimum absolute atomic E-state index is 0.0939. The number of ether oxygens (including phenoxy) is 1. The lowest BCUT2D eigenvalue weighted by molar-refractivity contribution is -0.139. The Morgan fingerprint density at radius 1 is 1.65 bits per heavy atom. The molecule has 1 fully saturated rings. The van der Waals surface area contributed by atoms with E-state index in [2.05, 4.69) is 5.32 Å². The number of carbonyl (C=O) groups excluding carboxylic acids is 1. The van der Waals surface area contributed by atoms with Crippen LogP contribution >= 0.6 is 0 Å². The zero-order valence-corrected chi connectivity index (χ0v) is 11.0. The number of piperidine rings is 1. The highest BCUT2D eigenvalue weighted by molar-refractivity contribution is 5.82. The van der Waals surface area contributed by atoms with Gasteiger partial charge in [0.15, 0.2) is 0 Å². The second kappa shape index (κ2) is 6.33. The maximum Gasteiger partial charge on any atom is 0.239 e. The number of methoxy groups -OCH3 is 1. The number of aliphatic hydroxyl groups is 1. The van der Waals surface area contributed by atoms with Gasteiger partial charge >= 0.3 is 0 Å². The van der Waals surface area contributed by atoms with Gasteiger partial charge in [0.25, 0.3) is 0 Å². The van der Waals surface area contributed by atoms with Crippen LogP contribution in [0.1, 0.15) is 26.2 Å². The first kappa shape index (κ1) is 14.4. The van der Waals surface area contributed by atoms with Crippen LogP contribution in [0.4, 0.5) is 0 Å². The first-order valence-corrected chi connectivity index (χ1v) is 6.17. The summed E-state index contributed by atoms with van der Waals surface area (Å²) in [5, 5.41) is 13.2. The van der Waals surface area contributed by atoms with E-state index in [1.165, 1.54) is 0 Å². The van der Waals surface area contributed by atoms with E-state index in [1.807, 2.05) is 0 Å². The van der Waals surface area contributed by atoms with Crippen LogP contribution in [0.15, 0.2) is 0 Å². The Morgan fingerprint density at radius 2 is 2.35 bits per heavy atom. The molecule has 0 radical (unpaired) electrons. The average molecular weight is 244 g/mol. The predicted octanol–water partition coefficient (Wildman–Crippen LogP) is -0.0157. The lowest BCUT2D eigenvalue weighted by Gasteiger charge is -2.36. The van der Waals surface area contributed by atoms with E-state index < -0.39 is 5.60 Å². The van der Waals surface area contributed by atoms with Gasteiger partial charge < -0.3 is 20.1 Å². The Morgan fingerprint density at radius 3 is 2.94 bits per heavy atom. The Kier molecular flexibility index (Phi) is 5.36. The van der Waals surface area contributed by atoms with Crippen molar-refractivity contribution in [3.05, 3.63) is 0 Å². The number of amides is 1. The van der Waals surface area contributed by atoms with Gasteiger partial charge in [-0.3, -0.25) is 4.79 Å². The summed E-state index contributed by atoms with van der Waals surface area (Å²) in [5.41, 5.74) is -0.874. The van der Waals surface area contributed by atoms with E-state index >= 15 is 0 Å². The first-order chi connectivity index (χ1) is 8.00. The molecule has 100 valence electrons. The first-order valence-electron chi connectivity index (χ1n) is 6.17. The van der Waals surface area contributed by atoms with Crippen LogP contribution in [0.3, 0.4) is 0 Å². The average Bonchev–Trinajstić information content (AvgIpc) is 2.29. The number of likely N-dealkylation sites (tertiary alicyclic amines) is 1. The number of β-amino-alcohol motifs (C(OH)–C–C–N with tert-alkyl or cyclic N) is 1. The van der Waals surface area contributed by atoms with Gasteiger partial charge in [0, 0.05) is 33.2 Å². The van der Waals surface area contributed by atoms with Gasteiger partial charge in [-0.1, -0.05) is 0 Å². The van der Waals surface area contributed by atoms with E-state index in [1.54, 1.807) is 26.0 Å². The van der Waals surface area contributed by atoms with Crippen LogP contribution in [0.25, 0.3) is 0 Å². The fourth-order valence-corrected chi connectivity index (χ4v) is 2.18. The van der Waals surface area contributed by atoms with E-state index in [9.17, 15) is 9.90 Å². The van der Waals surface area contributed by atoms with Gasteiger partial charge in [-0.2, -0.15) is 0 Å². The zero-order valence-electron chi connectivity index (χ0n) is 11.0. The van der Waals surface area contributed by atoms with E-state index in [0.717, 1.165) is 19.4 Å². The van der Waals surface area contributed by atoms with Crippen LogP contribution in [0.2, 0.25) is 0 Å². The predicted molar refractivity (Wildman–Crippen MR) is 65.8 cm³/mol. The number of hydrogen-bond donors (Lipinski definition) is 2. The molecule has 1 aliphatic heterocycles. The van der Waals surface area contributed by atoms with Gasteiger partial charge in [-0.25, -0.2) is 0 Å². The summed E-state index contributed by atoms with van der Waals surface area (Å²) in [6.45, 7) is 3.38. The van der Waals surface area contributed by atoms with E-state index in [0.29, 0.717) is 19.6 Å². The Hall–Kier alpha value is -0.650. The fraction of sp³-hybridized carbons (Fsp3) is 0.917. The number of nitrogens with zero attached hydrogens (tertiary/aromatic N) is 1. The number of carbonyl (C=O) groups is 1. The molecule has 1 amide bonds. The molecule has 1 heterocycles. The fourth-order valence-electron chi connectivity index (χ4n) is 2.18. The quantitative estimate of drug-likeness (QED) is 0.689. The van der Waals surface area contributed by atoms with Gasteiger partial charge in [0.1, 0.15) is 0 Å². The molecular weight excluding hydrogens is 220 g/mol. The highest BCUT2D eigenvalue weighted by Crippen LogP contribution is 2.17. The smallest absolute Gasteiger partial charge is 0.239 e. The summed E-state index contributed by atoms with van der Waals surface area (Å²) in [6, 6.07) is -0.0954. The molecule has 0 aliphatic carbocycles. The summed E-state index contributed by atoms with van der Waals surface area (Å²) < 4.78 is 4.96. The molecule has 1 rings (SSSR count). The molecule has 1 saturated heterocycles. The van der Waals surface area contributed by atoms with Crippen LogP contribution in [0, 0.1) is 0 Å². The molecule has 5 heteroatoms. The molecule has 2 atom stereocenters. The van der Waals surface area contributed by atoms with Crippen molar-refractivity contribution in [2.24, 2.45) is 0 Å². The maximum atomic E-state index is 12.0. The maximum absolute atomic E-state index is 12.0. The second-order valence-electron chi connectivity index (χ2n) is 4.98. The van der Waals surface area contributed by atoms with E-state index in [-0.39, 0.29) is 11.9 Å². The van der Waals surface area contributed by atoms with Crippen LogP contribution in [-0.4, -0.2) is 61.4 Å². The van der Waals surface area contributed by atoms with Gasteiger partial charge in [0.05, 0.1) is 11.6 Å². The molecule has 1 aliphatic rings. The second-order valence-corrected chi connectivity index (χ2v) is 4.98. The molecule has 0 aromatic carbocycles. The number of hydrogen-bond acceptors (Lipinski definition) is 4. The Labute approximate surface area is 103 Å². The molecule has 0 saturated carbocycles. The minimum Gasteiger partial charge on any atom is -0.388 e. The van der Waals surface area contributed by atoms with Crippen LogP contribution in [0.5, 0.6) is 0 Å². The molecule has 0 aromatic heterocycles. The highest BCUT2D eigenvalue weighted by Gasteiger charge is 2.32. The summed E-state index contributed by atoms with van der Waals surface area (Å²) in [5.74, 6) is 0.0939. The summed E-state index contributed by atoms with van der Waals surface area (Å²) in [4.78, 5) is 13.8. The number of likely N-dealkylation sites (N-methyl/N-ethyl adjacent to an activating group) is 1. The zero-order chi connectivity index (χ0) is 12.9. The standard InChI is InChI=1S/C12H24N2O3/c1-12(16,6-8-17-3)9-14-7-4-5-10(13-2)11(14)15/h10,13,16H,4-9H2,1-3H3. The summed E-state index contributed by atoms with van der Waals surface area (Å²) in [7, 11) is 3.41. The van der Waals surface area contributed by atoms with Crippen molar-refractivity contribution >= 4 is 5.91 Å². The van der Waals surface area contributed by atoms with Gasteiger partial charge in [-0.15, -0.1) is 0 Å². The molecule has 17 heavy (non-hydrogen) atoms. The molecular formula is C12H24N2O3. The van der Waals surface area contributed by atoms with Gasteiger partial charge in [-0.05, 0) is 26.8 Å². The third-order valence-electron chi connectivity index (χ3n) is 3.26. The monoisotopic (exact) mass is 244 g/mol. The van der Waals surface area contributed by atoms with Crippen molar-refractivity contribution in [1.82, 2.24) is 10.2 Å². The Balaban J connectivity index is 2.51. The van der Waals surface area contributed by atoms with Crippen molar-refractivity contribution in [2.45, 2.75) is 37.8 Å². The SMILES string of the molecule is CNC1CCCN(CC(C)(O)CCOC)C1=O. The van der Waals surface area contributed by atoms with Crippen LogP contribution in [-0.2, 0) is 9.53 Å². The molecule has 5 nitrogen and oxygen atoms in total. The molecule has 0 aromatic rings. The normalized spacial score (nSPS) is 24.8. The largest absolute Gasteiger partial charge is 0.388 e. The molecule has 2 N–H and O–H groups in total. The summed E-state index contributed by atoms with van der Waals surface area (Å²) in [6.07, 6.45) is 2.40. The molecule has 0 spiro atoms. The third kappa shape index (κ3) is 4.26. The lowest BCUT2D eigenvalue weighted by Crippen LogP contribution is -2.54. The molecule has 2 unspecified atom stereocenters. The molecule has 0 bridgehead atoms. The van der Waals surface area contributed by atoms with Crippen molar-refractivity contribution in [1.29, 1.82) is 0 Å². The number of rotatable bonds is 6. The topological polar surface area (TPSA) is 61.8 Å². The van der Waals surface area contributed by atoms with Crippen molar-refractivity contribution in [3.8, 4) is 0 Å². The lowest BCUT2D eigenvalue weighted by atomic mass is 9.98. The number of nitrogens with one attached hydrogen (secondary N) is 1. The minimum atomic E-state index is -0.874. The van der Waals surface area contributed by atoms with Crippen molar-refractivity contribution < 1.29 is 14.6 Å². The van der Waals surface area contributed by atoms with E-state index in [4.69, 9.17) is 4.74 Å². The van der Waals surface area contributed by atoms with Crippen LogP contribution < -0.4 is 5.32 Å². The third-order valence-corrected chi connectivity index (χ3v) is 3.26. The van der Waals surface area contributed by atoms with Crippen molar-refractivity contribution in [2.75, 3.05) is 33.9 Å². The van der Waals surface area contributed by atoms with Gasteiger partial charge in [0.2, 0.25) is 5.91 Å².